The SMILES string of the molecule is C=CCCC1C(C2CCC2)C(C2CCC2)CN1C(=O)OC(C)(C)C. The van der Waals surface area contributed by atoms with Crippen LogP contribution in [0.25, 0.3) is 0 Å². The maximum absolute atomic E-state index is 12.9. The summed E-state index contributed by atoms with van der Waals surface area (Å²) in [6, 6.07) is 0.355. The minimum absolute atomic E-state index is 0.0947. The summed E-state index contributed by atoms with van der Waals surface area (Å²) >= 11 is 0. The van der Waals surface area contributed by atoms with Crippen LogP contribution in [-0.2, 0) is 4.74 Å². The van der Waals surface area contributed by atoms with Crippen LogP contribution >= 0.6 is 0 Å². The van der Waals surface area contributed by atoms with Gasteiger partial charge in [-0.15, -0.1) is 6.58 Å². The van der Waals surface area contributed by atoms with Crippen LogP contribution in [0.1, 0.15) is 72.1 Å². The summed E-state index contributed by atoms with van der Waals surface area (Å²) in [4.78, 5) is 15.0. The zero-order valence-corrected chi connectivity index (χ0v) is 15.8. The second kappa shape index (κ2) is 7.09. The van der Waals surface area contributed by atoms with Crippen LogP contribution in [-0.4, -0.2) is 29.2 Å². The van der Waals surface area contributed by atoms with Gasteiger partial charge in [0.1, 0.15) is 5.60 Å². The lowest BCUT2D eigenvalue weighted by molar-refractivity contribution is 0.0169. The van der Waals surface area contributed by atoms with Crippen molar-refractivity contribution in [2.75, 3.05) is 6.54 Å². The van der Waals surface area contributed by atoms with Crippen molar-refractivity contribution < 1.29 is 9.53 Å². The van der Waals surface area contributed by atoms with Crippen molar-refractivity contribution in [3.05, 3.63) is 12.7 Å². The maximum Gasteiger partial charge on any atom is 0.410 e. The van der Waals surface area contributed by atoms with Gasteiger partial charge in [0.2, 0.25) is 0 Å². The molecule has 2 saturated carbocycles. The van der Waals surface area contributed by atoms with Crippen LogP contribution in [0.15, 0.2) is 12.7 Å². The van der Waals surface area contributed by atoms with E-state index in [-0.39, 0.29) is 6.09 Å². The topological polar surface area (TPSA) is 29.5 Å². The average molecular weight is 334 g/mol. The van der Waals surface area contributed by atoms with Crippen LogP contribution < -0.4 is 0 Å². The van der Waals surface area contributed by atoms with Crippen LogP contribution in [0.2, 0.25) is 0 Å². The molecule has 3 atom stereocenters. The van der Waals surface area contributed by atoms with Gasteiger partial charge in [-0.1, -0.05) is 44.6 Å². The number of allylic oxidation sites excluding steroid dienone is 1. The summed E-state index contributed by atoms with van der Waals surface area (Å²) in [5.74, 6) is 3.06. The Bertz CT molecular complexity index is 459. The van der Waals surface area contributed by atoms with Gasteiger partial charge in [0.25, 0.3) is 0 Å². The maximum atomic E-state index is 12.9. The predicted molar refractivity (Wildman–Crippen MR) is 97.8 cm³/mol. The molecule has 136 valence electrons. The summed E-state index contributed by atoms with van der Waals surface area (Å²) < 4.78 is 5.75. The fourth-order valence-corrected chi connectivity index (χ4v) is 4.96. The van der Waals surface area contributed by atoms with E-state index in [0.717, 1.165) is 31.2 Å². The zero-order valence-electron chi connectivity index (χ0n) is 15.8. The highest BCUT2D eigenvalue weighted by atomic mass is 16.6. The quantitative estimate of drug-likeness (QED) is 0.630. The minimum atomic E-state index is -0.416. The van der Waals surface area contributed by atoms with E-state index >= 15 is 0 Å². The van der Waals surface area contributed by atoms with Crippen molar-refractivity contribution in [2.45, 2.75) is 83.8 Å². The van der Waals surface area contributed by atoms with Crippen LogP contribution in [0.4, 0.5) is 4.79 Å². The van der Waals surface area contributed by atoms with Gasteiger partial charge in [-0.05, 0) is 57.3 Å². The first-order valence-electron chi connectivity index (χ1n) is 10.0. The van der Waals surface area contributed by atoms with Crippen molar-refractivity contribution in [1.29, 1.82) is 0 Å². The molecule has 0 N–H and O–H groups in total. The molecule has 0 radical (unpaired) electrons. The van der Waals surface area contributed by atoms with Crippen LogP contribution in [0.5, 0.6) is 0 Å². The van der Waals surface area contributed by atoms with Crippen molar-refractivity contribution in [1.82, 2.24) is 4.90 Å². The molecule has 3 unspecified atom stereocenters. The van der Waals surface area contributed by atoms with Crippen LogP contribution in [0, 0.1) is 23.7 Å². The van der Waals surface area contributed by atoms with Crippen molar-refractivity contribution >= 4 is 6.09 Å². The Morgan fingerprint density at radius 1 is 1.17 bits per heavy atom. The van der Waals surface area contributed by atoms with Crippen molar-refractivity contribution in [3.8, 4) is 0 Å². The molecular formula is C21H35NO2. The van der Waals surface area contributed by atoms with Gasteiger partial charge in [-0.25, -0.2) is 4.79 Å². The normalized spacial score (nSPS) is 31.5. The first-order chi connectivity index (χ1) is 11.4. The Morgan fingerprint density at radius 3 is 2.25 bits per heavy atom. The molecule has 0 bridgehead atoms. The Balaban J connectivity index is 1.79. The molecule has 3 aliphatic rings. The second-order valence-corrected chi connectivity index (χ2v) is 9.19. The van der Waals surface area contributed by atoms with E-state index in [2.05, 4.69) is 11.5 Å². The number of carbonyl (C=O) groups excluding carboxylic acids is 1. The molecule has 1 aliphatic heterocycles. The number of hydrogen-bond donors (Lipinski definition) is 0. The largest absolute Gasteiger partial charge is 0.444 e. The summed E-state index contributed by atoms with van der Waals surface area (Å²) in [6.45, 7) is 10.7. The molecule has 3 heteroatoms. The summed E-state index contributed by atoms with van der Waals surface area (Å²) in [7, 11) is 0. The number of nitrogens with zero attached hydrogens (tertiary/aromatic N) is 1. The summed E-state index contributed by atoms with van der Waals surface area (Å²) in [6.07, 6.45) is 12.2. The smallest absolute Gasteiger partial charge is 0.410 e. The van der Waals surface area contributed by atoms with E-state index < -0.39 is 5.60 Å². The lowest BCUT2D eigenvalue weighted by Crippen LogP contribution is -2.43. The van der Waals surface area contributed by atoms with Crippen molar-refractivity contribution in [2.24, 2.45) is 23.7 Å². The van der Waals surface area contributed by atoms with E-state index in [1.54, 1.807) is 0 Å². The third-order valence-corrected chi connectivity index (χ3v) is 6.49. The first-order valence-corrected chi connectivity index (χ1v) is 10.0. The Labute approximate surface area is 147 Å². The third kappa shape index (κ3) is 3.65. The number of rotatable bonds is 5. The molecule has 0 aromatic rings. The van der Waals surface area contributed by atoms with Gasteiger partial charge < -0.3 is 9.64 Å². The summed E-state index contributed by atoms with van der Waals surface area (Å²) in [5.41, 5.74) is -0.416. The number of amides is 1. The standard InChI is InChI=1S/C21H35NO2/c1-5-6-13-18-19(16-11-8-12-16)17(15-9-7-10-15)14-22(18)20(23)24-21(2,3)4/h5,15-19H,1,6-14H2,2-4H3. The first kappa shape index (κ1) is 17.8. The van der Waals surface area contributed by atoms with E-state index in [9.17, 15) is 4.79 Å². The predicted octanol–water partition coefficient (Wildman–Crippen LogP) is 5.40. The fourth-order valence-electron chi connectivity index (χ4n) is 4.96. The summed E-state index contributed by atoms with van der Waals surface area (Å²) in [5, 5.41) is 0. The number of carbonyl (C=O) groups is 1. The third-order valence-electron chi connectivity index (χ3n) is 6.49. The fraction of sp³-hybridized carbons (Fsp3) is 0.857. The average Bonchev–Trinajstić information content (AvgIpc) is 2.70. The molecule has 3 fully saturated rings. The molecule has 0 aromatic heterocycles. The highest BCUT2D eigenvalue weighted by molar-refractivity contribution is 5.69. The van der Waals surface area contributed by atoms with E-state index in [1.807, 2.05) is 26.8 Å². The Hall–Kier alpha value is -0.990. The Kier molecular flexibility index (Phi) is 5.27. The molecule has 24 heavy (non-hydrogen) atoms. The lowest BCUT2D eigenvalue weighted by Gasteiger charge is -2.42. The van der Waals surface area contributed by atoms with Gasteiger partial charge in [0.15, 0.2) is 0 Å². The van der Waals surface area contributed by atoms with Gasteiger partial charge in [-0.3, -0.25) is 0 Å². The molecule has 1 saturated heterocycles. The monoisotopic (exact) mass is 333 g/mol. The molecule has 1 amide bonds. The highest BCUT2D eigenvalue weighted by Crippen LogP contribution is 2.51. The van der Waals surface area contributed by atoms with E-state index in [1.165, 1.54) is 38.5 Å². The zero-order chi connectivity index (χ0) is 17.3. The molecule has 2 aliphatic carbocycles. The molecule has 3 rings (SSSR count). The molecule has 0 aromatic carbocycles. The molecular weight excluding hydrogens is 298 g/mol. The lowest BCUT2D eigenvalue weighted by atomic mass is 9.62. The highest BCUT2D eigenvalue weighted by Gasteiger charge is 2.51. The number of ether oxygens (including phenoxy) is 1. The van der Waals surface area contributed by atoms with Gasteiger partial charge in [-0.2, -0.15) is 0 Å². The number of hydrogen-bond acceptors (Lipinski definition) is 2. The molecule has 3 nitrogen and oxygen atoms in total. The molecule has 1 heterocycles. The van der Waals surface area contributed by atoms with Gasteiger partial charge in [0.05, 0.1) is 0 Å². The number of likely N-dealkylation sites (tertiary alicyclic amines) is 1. The second-order valence-electron chi connectivity index (χ2n) is 9.19. The van der Waals surface area contributed by atoms with Gasteiger partial charge in [0, 0.05) is 12.6 Å². The van der Waals surface area contributed by atoms with Crippen molar-refractivity contribution in [3.63, 3.8) is 0 Å². The van der Waals surface area contributed by atoms with E-state index in [4.69, 9.17) is 4.74 Å². The van der Waals surface area contributed by atoms with E-state index in [0.29, 0.717) is 17.9 Å². The Morgan fingerprint density at radius 2 is 1.79 bits per heavy atom. The molecule has 0 spiro atoms. The minimum Gasteiger partial charge on any atom is -0.444 e. The van der Waals surface area contributed by atoms with Crippen LogP contribution in [0.3, 0.4) is 0 Å². The van der Waals surface area contributed by atoms with Gasteiger partial charge >= 0.3 is 6.09 Å².